The van der Waals surface area contributed by atoms with Gasteiger partial charge in [-0.2, -0.15) is 22.0 Å². The fourth-order valence-corrected chi connectivity index (χ4v) is 4.20. The van der Waals surface area contributed by atoms with Gasteiger partial charge in [0.25, 0.3) is 5.76 Å². The summed E-state index contributed by atoms with van der Waals surface area (Å²) in [7, 11) is 0. The molecule has 0 radical (unpaired) electrons. The first-order valence-electron chi connectivity index (χ1n) is 9.96. The van der Waals surface area contributed by atoms with Gasteiger partial charge in [-0.05, 0) is 42.1 Å². The van der Waals surface area contributed by atoms with E-state index in [1.807, 2.05) is 0 Å². The smallest absolute Gasteiger partial charge is 0.378 e. The number of benzene rings is 2. The number of imidazole rings is 1. The maximum atomic E-state index is 13.7. The van der Waals surface area contributed by atoms with Crippen molar-refractivity contribution >= 4 is 40.1 Å². The molecule has 0 saturated carbocycles. The minimum Gasteiger partial charge on any atom is -0.378 e. The number of hydrogen-bond acceptors (Lipinski definition) is 5. The first kappa shape index (κ1) is 23.3. The number of halogens is 5. The first-order chi connectivity index (χ1) is 15.7. The highest BCUT2D eigenvalue weighted by Gasteiger charge is 2.35. The zero-order valence-electron chi connectivity index (χ0n) is 17.1. The van der Waals surface area contributed by atoms with E-state index in [-0.39, 0.29) is 16.9 Å². The lowest BCUT2D eigenvalue weighted by atomic mass is 10.1. The maximum Gasteiger partial charge on any atom is 0.418 e. The van der Waals surface area contributed by atoms with E-state index in [9.17, 15) is 26.7 Å². The molecule has 12 heteroatoms. The Hall–Kier alpha value is -2.86. The van der Waals surface area contributed by atoms with E-state index in [1.54, 1.807) is 29.2 Å². The molecule has 1 amide bonds. The van der Waals surface area contributed by atoms with Crippen LogP contribution in [0.25, 0.3) is 11.0 Å². The van der Waals surface area contributed by atoms with Crippen LogP contribution in [0.5, 0.6) is 0 Å². The number of fused-ring (bicyclic) bond motifs is 1. The van der Waals surface area contributed by atoms with Crippen LogP contribution in [0, 0.1) is 0 Å². The van der Waals surface area contributed by atoms with Crippen molar-refractivity contribution in [2.24, 2.45) is 0 Å². The van der Waals surface area contributed by atoms with Gasteiger partial charge in [-0.3, -0.25) is 4.79 Å². The average molecular weight is 486 g/mol. The van der Waals surface area contributed by atoms with E-state index in [1.165, 1.54) is 16.7 Å². The zero-order valence-corrected chi connectivity index (χ0v) is 17.9. The number of nitrogens with one attached hydrogen (secondary N) is 1. The quantitative estimate of drug-likeness (QED) is 0.399. The number of carbonyl (C=O) groups excluding carboxylic acids is 1. The molecule has 1 aromatic heterocycles. The van der Waals surface area contributed by atoms with Gasteiger partial charge in [0.2, 0.25) is 5.91 Å². The van der Waals surface area contributed by atoms with Crippen LogP contribution >= 0.6 is 11.8 Å². The maximum absolute atomic E-state index is 13.7. The first-order valence-corrected chi connectivity index (χ1v) is 10.8. The molecule has 1 fully saturated rings. The highest BCUT2D eigenvalue weighted by Crippen LogP contribution is 2.38. The summed E-state index contributed by atoms with van der Waals surface area (Å²) in [5.41, 5.74) is -0.192. The summed E-state index contributed by atoms with van der Waals surface area (Å²) in [6.07, 6.45) is -4.71. The van der Waals surface area contributed by atoms with Crippen LogP contribution < -0.4 is 10.2 Å². The Morgan fingerprint density at radius 2 is 1.88 bits per heavy atom. The van der Waals surface area contributed by atoms with Gasteiger partial charge in [-0.1, -0.05) is 12.1 Å². The van der Waals surface area contributed by atoms with Crippen molar-refractivity contribution in [3.8, 4) is 0 Å². The molecule has 1 saturated heterocycles. The highest BCUT2D eigenvalue weighted by atomic mass is 32.2. The van der Waals surface area contributed by atoms with E-state index < -0.39 is 35.6 Å². The van der Waals surface area contributed by atoms with Crippen molar-refractivity contribution in [3.05, 3.63) is 48.0 Å². The predicted octanol–water partition coefficient (Wildman–Crippen LogP) is 4.85. The molecule has 1 N–H and O–H groups in total. The van der Waals surface area contributed by atoms with Crippen LogP contribution in [-0.4, -0.2) is 47.5 Å². The molecule has 176 valence electrons. The second kappa shape index (κ2) is 9.56. The standard InChI is InChI=1S/C21H19F5N4O2S/c22-19(23)33-20-28-16-3-1-2-4-17(16)30(20)12-18(31)27-15-6-5-13(11-14(15)21(24,25)26)29-7-9-32-10-8-29/h1-6,11,19H,7-10,12H2,(H,27,31). The number of morpholine rings is 1. The third-order valence-corrected chi connectivity index (χ3v) is 5.78. The Labute approximate surface area is 189 Å². The molecule has 1 aliphatic rings. The molecule has 0 bridgehead atoms. The van der Waals surface area contributed by atoms with Crippen molar-refractivity contribution in [2.75, 3.05) is 36.5 Å². The van der Waals surface area contributed by atoms with Crippen molar-refractivity contribution in [1.82, 2.24) is 9.55 Å². The Balaban J connectivity index is 1.60. The normalized spacial score (nSPS) is 14.8. The second-order valence-corrected chi connectivity index (χ2v) is 8.18. The molecule has 2 aromatic carbocycles. The molecule has 33 heavy (non-hydrogen) atoms. The Morgan fingerprint density at radius 3 is 2.58 bits per heavy atom. The molecule has 0 spiro atoms. The molecule has 0 atom stereocenters. The largest absolute Gasteiger partial charge is 0.418 e. The van der Waals surface area contributed by atoms with Gasteiger partial charge in [-0.15, -0.1) is 0 Å². The fraction of sp³-hybridized carbons (Fsp3) is 0.333. The van der Waals surface area contributed by atoms with Gasteiger partial charge in [0.15, 0.2) is 5.16 Å². The second-order valence-electron chi connectivity index (χ2n) is 7.22. The lowest BCUT2D eigenvalue weighted by Crippen LogP contribution is -2.36. The minimum absolute atomic E-state index is 0.0972. The molecule has 0 aliphatic carbocycles. The molecule has 1 aliphatic heterocycles. The van der Waals surface area contributed by atoms with Gasteiger partial charge in [-0.25, -0.2) is 4.98 Å². The van der Waals surface area contributed by atoms with Crippen LogP contribution in [0.15, 0.2) is 47.6 Å². The fourth-order valence-electron chi connectivity index (χ4n) is 3.60. The van der Waals surface area contributed by atoms with Crippen molar-refractivity contribution < 1.29 is 31.5 Å². The molecule has 2 heterocycles. The number of amides is 1. The third-order valence-electron chi connectivity index (χ3n) is 5.07. The predicted molar refractivity (Wildman–Crippen MR) is 115 cm³/mol. The lowest BCUT2D eigenvalue weighted by Gasteiger charge is -2.29. The number of aromatic nitrogens is 2. The summed E-state index contributed by atoms with van der Waals surface area (Å²) in [5.74, 6) is -3.56. The van der Waals surface area contributed by atoms with E-state index in [2.05, 4.69) is 10.3 Å². The van der Waals surface area contributed by atoms with Crippen molar-refractivity contribution in [2.45, 2.75) is 23.6 Å². The monoisotopic (exact) mass is 486 g/mol. The Bertz CT molecular complexity index is 1150. The number of thioether (sulfide) groups is 1. The number of ether oxygens (including phenoxy) is 1. The van der Waals surface area contributed by atoms with Gasteiger partial charge < -0.3 is 19.5 Å². The van der Waals surface area contributed by atoms with Crippen LogP contribution in [0.2, 0.25) is 0 Å². The highest BCUT2D eigenvalue weighted by molar-refractivity contribution is 7.99. The van der Waals surface area contributed by atoms with E-state index in [0.29, 0.717) is 43.0 Å². The molecule has 4 rings (SSSR count). The summed E-state index contributed by atoms with van der Waals surface area (Å²) in [4.78, 5) is 18.6. The summed E-state index contributed by atoms with van der Waals surface area (Å²) >= 11 is 0.167. The average Bonchev–Trinajstić information content (AvgIpc) is 3.10. The lowest BCUT2D eigenvalue weighted by molar-refractivity contribution is -0.136. The van der Waals surface area contributed by atoms with Gasteiger partial charge >= 0.3 is 6.18 Å². The van der Waals surface area contributed by atoms with Crippen LogP contribution in [0.1, 0.15) is 5.56 Å². The van der Waals surface area contributed by atoms with Crippen molar-refractivity contribution in [3.63, 3.8) is 0 Å². The van der Waals surface area contributed by atoms with Crippen LogP contribution in [0.4, 0.5) is 33.3 Å². The number of nitrogens with zero attached hydrogens (tertiary/aromatic N) is 3. The number of para-hydroxylation sites is 2. The van der Waals surface area contributed by atoms with E-state index in [0.717, 1.165) is 6.07 Å². The van der Waals surface area contributed by atoms with Crippen molar-refractivity contribution in [1.29, 1.82) is 0 Å². The number of hydrogen-bond donors (Lipinski definition) is 1. The Kier molecular flexibility index (Phi) is 6.75. The van der Waals surface area contributed by atoms with Crippen LogP contribution in [0.3, 0.4) is 0 Å². The molecule has 3 aromatic rings. The van der Waals surface area contributed by atoms with E-state index in [4.69, 9.17) is 4.74 Å². The third kappa shape index (κ3) is 5.38. The topological polar surface area (TPSA) is 59.4 Å². The molecular weight excluding hydrogens is 467 g/mol. The number of carbonyl (C=O) groups is 1. The zero-order chi connectivity index (χ0) is 23.6. The van der Waals surface area contributed by atoms with Gasteiger partial charge in [0.05, 0.1) is 35.5 Å². The molecular formula is C21H19F5N4O2S. The van der Waals surface area contributed by atoms with E-state index >= 15 is 0 Å². The minimum atomic E-state index is -4.71. The number of anilines is 2. The van der Waals surface area contributed by atoms with Gasteiger partial charge in [0, 0.05) is 18.8 Å². The SMILES string of the molecule is O=C(Cn1c(SC(F)F)nc2ccccc21)Nc1ccc(N2CCOCC2)cc1C(F)(F)F. The summed E-state index contributed by atoms with van der Waals surface area (Å²) in [6, 6.07) is 10.2. The molecule has 6 nitrogen and oxygen atoms in total. The summed E-state index contributed by atoms with van der Waals surface area (Å²) < 4.78 is 73.6. The molecule has 0 unspecified atom stereocenters. The number of rotatable bonds is 6. The number of alkyl halides is 5. The Morgan fingerprint density at radius 1 is 1.15 bits per heavy atom. The van der Waals surface area contributed by atoms with Gasteiger partial charge in [0.1, 0.15) is 6.54 Å². The summed E-state index contributed by atoms with van der Waals surface area (Å²) in [5, 5.41) is 2.19. The summed E-state index contributed by atoms with van der Waals surface area (Å²) in [6.45, 7) is 1.27. The van der Waals surface area contributed by atoms with Crippen LogP contribution in [-0.2, 0) is 22.3 Å².